The molecule has 2 saturated heterocycles. The van der Waals surface area contributed by atoms with Crippen LogP contribution in [0, 0.1) is 17.8 Å². The van der Waals surface area contributed by atoms with Crippen molar-refractivity contribution in [1.82, 2.24) is 8.61 Å². The fourth-order valence-corrected chi connectivity index (χ4v) is 5.41. The Kier molecular flexibility index (Phi) is 5.27. The largest absolute Gasteiger partial charge is 0.469 e. The standard InChI is InChI=1S/C14H26N2O4S/c1-11-7-12(2)9-16(8-11)21(18,19)15-6-4-5-13(10-15)14(17)20-3/h11-13H,4-10H2,1-3H3/t11?,12?,13-/m0/s1. The first kappa shape index (κ1) is 16.7. The van der Waals surface area contributed by atoms with Gasteiger partial charge in [0.15, 0.2) is 0 Å². The highest BCUT2D eigenvalue weighted by Gasteiger charge is 2.38. The van der Waals surface area contributed by atoms with Crippen LogP contribution in [0.1, 0.15) is 33.1 Å². The lowest BCUT2D eigenvalue weighted by molar-refractivity contribution is -0.146. The summed E-state index contributed by atoms with van der Waals surface area (Å²) in [6.45, 7) is 6.07. The normalized spacial score (nSPS) is 32.8. The van der Waals surface area contributed by atoms with Gasteiger partial charge in [-0.1, -0.05) is 13.8 Å². The zero-order chi connectivity index (χ0) is 15.6. The summed E-state index contributed by atoms with van der Waals surface area (Å²) in [6.07, 6.45) is 2.47. The monoisotopic (exact) mass is 318 g/mol. The summed E-state index contributed by atoms with van der Waals surface area (Å²) in [7, 11) is -2.12. The zero-order valence-corrected chi connectivity index (χ0v) is 13.9. The van der Waals surface area contributed by atoms with Crippen LogP contribution in [0.4, 0.5) is 0 Å². The summed E-state index contributed by atoms with van der Waals surface area (Å²) in [5.41, 5.74) is 0. The van der Waals surface area contributed by atoms with Crippen molar-refractivity contribution < 1.29 is 17.9 Å². The zero-order valence-electron chi connectivity index (χ0n) is 13.1. The molecule has 0 aromatic heterocycles. The Morgan fingerprint density at radius 1 is 1.10 bits per heavy atom. The number of carbonyl (C=O) groups is 1. The molecule has 0 saturated carbocycles. The molecule has 2 aliphatic rings. The molecule has 122 valence electrons. The molecule has 0 aliphatic carbocycles. The maximum Gasteiger partial charge on any atom is 0.309 e. The fraction of sp³-hybridized carbons (Fsp3) is 0.929. The molecule has 0 aromatic rings. The molecule has 7 heteroatoms. The first-order valence-electron chi connectivity index (χ1n) is 7.67. The van der Waals surface area contributed by atoms with Gasteiger partial charge in [-0.05, 0) is 31.1 Å². The van der Waals surface area contributed by atoms with Crippen molar-refractivity contribution in [3.63, 3.8) is 0 Å². The molecule has 21 heavy (non-hydrogen) atoms. The molecule has 0 aromatic carbocycles. The summed E-state index contributed by atoms with van der Waals surface area (Å²) < 4.78 is 33.4. The van der Waals surface area contributed by atoms with E-state index >= 15 is 0 Å². The molecule has 0 N–H and O–H groups in total. The van der Waals surface area contributed by atoms with Crippen LogP contribution in [0.25, 0.3) is 0 Å². The number of methoxy groups -OCH3 is 1. The second-order valence-electron chi connectivity index (χ2n) is 6.49. The Morgan fingerprint density at radius 3 is 2.29 bits per heavy atom. The van der Waals surface area contributed by atoms with Crippen molar-refractivity contribution in [2.75, 3.05) is 33.3 Å². The van der Waals surface area contributed by atoms with Gasteiger partial charge in [0.2, 0.25) is 0 Å². The fourth-order valence-electron chi connectivity index (χ4n) is 3.47. The van der Waals surface area contributed by atoms with Crippen molar-refractivity contribution in [2.24, 2.45) is 17.8 Å². The van der Waals surface area contributed by atoms with E-state index in [2.05, 4.69) is 13.8 Å². The quantitative estimate of drug-likeness (QED) is 0.731. The predicted octanol–water partition coefficient (Wildman–Crippen LogP) is 1.09. The molecule has 2 fully saturated rings. The van der Waals surface area contributed by atoms with E-state index in [4.69, 9.17) is 4.74 Å². The molecular weight excluding hydrogens is 292 g/mol. The summed E-state index contributed by atoms with van der Waals surface area (Å²) in [5.74, 6) is 0.114. The molecule has 3 atom stereocenters. The SMILES string of the molecule is COC(=O)[C@H]1CCCN(S(=O)(=O)N2CC(C)CC(C)C2)C1. The van der Waals surface area contributed by atoms with E-state index in [1.165, 1.54) is 11.4 Å². The average Bonchev–Trinajstić information content (AvgIpc) is 2.45. The molecule has 0 amide bonds. The van der Waals surface area contributed by atoms with Crippen molar-refractivity contribution >= 4 is 16.2 Å². The van der Waals surface area contributed by atoms with Gasteiger partial charge < -0.3 is 4.74 Å². The first-order chi connectivity index (χ1) is 9.84. The van der Waals surface area contributed by atoms with Crippen LogP contribution < -0.4 is 0 Å². The number of nitrogens with zero attached hydrogens (tertiary/aromatic N) is 2. The Hall–Kier alpha value is -0.660. The van der Waals surface area contributed by atoms with E-state index < -0.39 is 10.2 Å². The number of hydrogen-bond acceptors (Lipinski definition) is 4. The Labute approximate surface area is 127 Å². The van der Waals surface area contributed by atoms with Crippen molar-refractivity contribution in [3.8, 4) is 0 Å². The van der Waals surface area contributed by atoms with Crippen LogP contribution in [-0.4, -0.2) is 56.3 Å². The van der Waals surface area contributed by atoms with E-state index in [0.29, 0.717) is 44.3 Å². The van der Waals surface area contributed by atoms with Crippen LogP contribution in [0.2, 0.25) is 0 Å². The van der Waals surface area contributed by atoms with Crippen molar-refractivity contribution in [1.29, 1.82) is 0 Å². The molecule has 2 unspecified atom stereocenters. The van der Waals surface area contributed by atoms with E-state index in [0.717, 1.165) is 6.42 Å². The van der Waals surface area contributed by atoms with E-state index in [1.54, 1.807) is 4.31 Å². The van der Waals surface area contributed by atoms with Gasteiger partial charge in [-0.2, -0.15) is 17.0 Å². The number of rotatable bonds is 3. The van der Waals surface area contributed by atoms with Crippen molar-refractivity contribution in [3.05, 3.63) is 0 Å². The van der Waals surface area contributed by atoms with Crippen LogP contribution in [-0.2, 0) is 19.7 Å². The molecule has 0 bridgehead atoms. The van der Waals surface area contributed by atoms with Crippen LogP contribution in [0.3, 0.4) is 0 Å². The highest BCUT2D eigenvalue weighted by atomic mass is 32.2. The van der Waals surface area contributed by atoms with Gasteiger partial charge in [-0.15, -0.1) is 0 Å². The summed E-state index contributed by atoms with van der Waals surface area (Å²) in [5, 5.41) is 0. The van der Waals surface area contributed by atoms with Gasteiger partial charge in [0.05, 0.1) is 13.0 Å². The van der Waals surface area contributed by atoms with Gasteiger partial charge >= 0.3 is 5.97 Å². The number of ether oxygens (including phenoxy) is 1. The average molecular weight is 318 g/mol. The number of esters is 1. The molecule has 2 heterocycles. The maximum absolute atomic E-state index is 12.8. The Balaban J connectivity index is 2.09. The molecule has 6 nitrogen and oxygen atoms in total. The van der Waals surface area contributed by atoms with Gasteiger partial charge in [0, 0.05) is 26.2 Å². The third-order valence-corrected chi connectivity index (χ3v) is 6.34. The third kappa shape index (κ3) is 3.76. The first-order valence-corrected chi connectivity index (χ1v) is 9.07. The van der Waals surface area contributed by atoms with Gasteiger partial charge in [0.25, 0.3) is 10.2 Å². The van der Waals surface area contributed by atoms with E-state index in [9.17, 15) is 13.2 Å². The highest BCUT2D eigenvalue weighted by molar-refractivity contribution is 7.86. The second kappa shape index (κ2) is 6.62. The Bertz CT molecular complexity index is 469. The highest BCUT2D eigenvalue weighted by Crippen LogP contribution is 2.27. The van der Waals surface area contributed by atoms with Crippen LogP contribution >= 0.6 is 0 Å². The minimum atomic E-state index is -3.47. The lowest BCUT2D eigenvalue weighted by Gasteiger charge is -2.39. The number of carbonyl (C=O) groups excluding carboxylic acids is 1. The maximum atomic E-state index is 12.8. The molecule has 0 radical (unpaired) electrons. The number of piperidine rings is 2. The Morgan fingerprint density at radius 2 is 1.71 bits per heavy atom. The number of hydrogen-bond donors (Lipinski definition) is 0. The predicted molar refractivity (Wildman–Crippen MR) is 79.8 cm³/mol. The van der Waals surface area contributed by atoms with Gasteiger partial charge in [-0.3, -0.25) is 4.79 Å². The smallest absolute Gasteiger partial charge is 0.309 e. The summed E-state index contributed by atoms with van der Waals surface area (Å²) in [6, 6.07) is 0. The van der Waals surface area contributed by atoms with Crippen LogP contribution in [0.15, 0.2) is 0 Å². The second-order valence-corrected chi connectivity index (χ2v) is 8.42. The summed E-state index contributed by atoms with van der Waals surface area (Å²) >= 11 is 0. The molecule has 0 spiro atoms. The topological polar surface area (TPSA) is 66.9 Å². The van der Waals surface area contributed by atoms with Crippen LogP contribution in [0.5, 0.6) is 0 Å². The summed E-state index contributed by atoms with van der Waals surface area (Å²) in [4.78, 5) is 11.7. The minimum absolute atomic E-state index is 0.244. The van der Waals surface area contributed by atoms with Crippen molar-refractivity contribution in [2.45, 2.75) is 33.1 Å². The molecule has 2 rings (SSSR count). The molecule has 2 aliphatic heterocycles. The lowest BCUT2D eigenvalue weighted by Crippen LogP contribution is -2.52. The minimum Gasteiger partial charge on any atom is -0.469 e. The van der Waals surface area contributed by atoms with E-state index in [1.807, 2.05) is 0 Å². The third-order valence-electron chi connectivity index (χ3n) is 4.41. The van der Waals surface area contributed by atoms with E-state index in [-0.39, 0.29) is 18.4 Å². The van der Waals surface area contributed by atoms with Gasteiger partial charge in [-0.25, -0.2) is 0 Å². The molecular formula is C14H26N2O4S. The van der Waals surface area contributed by atoms with Gasteiger partial charge in [0.1, 0.15) is 0 Å². The lowest BCUT2D eigenvalue weighted by atomic mass is 9.94.